The third-order valence-corrected chi connectivity index (χ3v) is 8.25. The van der Waals surface area contributed by atoms with Crippen LogP contribution in [0.2, 0.25) is 0 Å². The van der Waals surface area contributed by atoms with Gasteiger partial charge in [-0.05, 0) is 94.8 Å². The number of benzene rings is 2. The number of amides is 3. The molecule has 1 atom stereocenters. The number of H-pyrrole nitrogens is 1. The zero-order valence-electron chi connectivity index (χ0n) is 25.3. The van der Waals surface area contributed by atoms with Gasteiger partial charge in [0.05, 0.1) is 17.4 Å². The van der Waals surface area contributed by atoms with Crippen LogP contribution in [0.5, 0.6) is 0 Å². The van der Waals surface area contributed by atoms with E-state index in [9.17, 15) is 24.4 Å². The normalized spacial score (nSPS) is 19.2. The van der Waals surface area contributed by atoms with Crippen molar-refractivity contribution in [3.05, 3.63) is 59.8 Å². The van der Waals surface area contributed by atoms with E-state index >= 15 is 0 Å². The minimum absolute atomic E-state index is 0.134. The van der Waals surface area contributed by atoms with Crippen LogP contribution in [0, 0.1) is 28.6 Å². The van der Waals surface area contributed by atoms with E-state index in [4.69, 9.17) is 10.5 Å². The molecule has 1 saturated carbocycles. The molecule has 1 aliphatic rings. The van der Waals surface area contributed by atoms with Crippen molar-refractivity contribution in [1.82, 2.24) is 4.98 Å². The van der Waals surface area contributed by atoms with E-state index in [0.29, 0.717) is 53.7 Å². The summed E-state index contributed by atoms with van der Waals surface area (Å²) in [6.07, 6.45) is 1.79. The second-order valence-corrected chi connectivity index (χ2v) is 12.4. The molecule has 226 valence electrons. The molecule has 1 heterocycles. The van der Waals surface area contributed by atoms with Gasteiger partial charge >= 0.3 is 5.97 Å². The van der Waals surface area contributed by atoms with E-state index < -0.39 is 28.8 Å². The van der Waals surface area contributed by atoms with Crippen LogP contribution >= 0.6 is 0 Å². The van der Waals surface area contributed by atoms with Crippen LogP contribution in [0.3, 0.4) is 0 Å². The van der Waals surface area contributed by atoms with Gasteiger partial charge < -0.3 is 25.7 Å². The average molecular weight is 586 g/mol. The van der Waals surface area contributed by atoms with E-state index in [1.54, 1.807) is 58.2 Å². The molecular formula is C33H39N5O5. The summed E-state index contributed by atoms with van der Waals surface area (Å²) >= 11 is 0. The summed E-state index contributed by atoms with van der Waals surface area (Å²) in [6.45, 7) is 6.85. The first-order valence-electron chi connectivity index (χ1n) is 14.4. The van der Waals surface area contributed by atoms with Crippen molar-refractivity contribution in [3.8, 4) is 6.07 Å². The highest BCUT2D eigenvalue weighted by molar-refractivity contribution is 6.00. The van der Waals surface area contributed by atoms with Crippen molar-refractivity contribution in [1.29, 1.82) is 5.26 Å². The molecule has 3 amide bonds. The van der Waals surface area contributed by atoms with Crippen LogP contribution in [-0.4, -0.2) is 41.3 Å². The number of nitrogens with two attached hydrogens (primary N) is 1. The fraction of sp³-hybridized carbons (Fsp3) is 0.424. The Morgan fingerprint density at radius 3 is 2.44 bits per heavy atom. The lowest BCUT2D eigenvalue weighted by atomic mass is 9.61. The summed E-state index contributed by atoms with van der Waals surface area (Å²) < 4.78 is 5.46. The maximum atomic E-state index is 14.1. The quantitative estimate of drug-likeness (QED) is 0.312. The second-order valence-electron chi connectivity index (χ2n) is 12.4. The number of hydrogen-bond donors (Lipinski definition) is 3. The number of carbonyl (C=O) groups is 4. The van der Waals surface area contributed by atoms with Gasteiger partial charge in [-0.15, -0.1) is 0 Å². The van der Waals surface area contributed by atoms with Crippen LogP contribution in [0.1, 0.15) is 69.4 Å². The minimum Gasteiger partial charge on any atom is -0.455 e. The van der Waals surface area contributed by atoms with Gasteiger partial charge in [-0.25, -0.2) is 4.79 Å². The first kappa shape index (κ1) is 31.3. The molecule has 3 aromatic rings. The number of hydrogen-bond acceptors (Lipinski definition) is 6. The molecule has 0 saturated heterocycles. The molecule has 1 aliphatic carbocycles. The van der Waals surface area contributed by atoms with E-state index in [1.165, 1.54) is 11.8 Å². The number of anilines is 2. The zero-order valence-corrected chi connectivity index (χ0v) is 25.3. The SMILES string of the molecule is CC(=O)N(C)c1cccc(C[C@H](C(=O)Nc2ccc3[nH]c(C(=O)OC(C)(C)C)cc3c2)C2(C(N)=O)CCC(C#N)CC2)c1. The minimum atomic E-state index is -1.15. The number of carbonyl (C=O) groups excluding carboxylic acids is 4. The molecule has 0 radical (unpaired) electrons. The number of aromatic amines is 1. The standard InChI is InChI=1S/C33H39N5O5/c1-20(39)38(5)25-8-6-7-22(15-25)16-26(33(31(35)42)13-11-21(19-34)12-14-33)29(40)36-24-9-10-27-23(17-24)18-28(37-27)30(41)43-32(2,3)4/h6-10,15,17-18,21,26,37H,11-14,16H2,1-5H3,(H2,35,42)(H,36,40)/t21?,26-,33?/m1/s1. The van der Waals surface area contributed by atoms with Crippen molar-refractivity contribution in [2.24, 2.45) is 23.0 Å². The Kier molecular flexibility index (Phi) is 8.95. The Labute approximate surface area is 251 Å². The number of nitriles is 1. The lowest BCUT2D eigenvalue weighted by Crippen LogP contribution is -2.50. The molecule has 4 rings (SSSR count). The molecule has 4 N–H and O–H groups in total. The summed E-state index contributed by atoms with van der Waals surface area (Å²) in [5.74, 6) is -2.58. The van der Waals surface area contributed by atoms with E-state index in [1.807, 2.05) is 18.2 Å². The maximum Gasteiger partial charge on any atom is 0.355 e. The van der Waals surface area contributed by atoms with Crippen molar-refractivity contribution in [2.75, 3.05) is 17.3 Å². The van der Waals surface area contributed by atoms with Gasteiger partial charge in [0.2, 0.25) is 17.7 Å². The largest absolute Gasteiger partial charge is 0.455 e. The second kappa shape index (κ2) is 12.3. The highest BCUT2D eigenvalue weighted by Crippen LogP contribution is 2.46. The highest BCUT2D eigenvalue weighted by atomic mass is 16.6. The van der Waals surface area contributed by atoms with Gasteiger partial charge in [-0.3, -0.25) is 14.4 Å². The third kappa shape index (κ3) is 7.05. The van der Waals surface area contributed by atoms with Crippen LogP contribution < -0.4 is 16.0 Å². The number of rotatable bonds is 8. The number of fused-ring (bicyclic) bond motifs is 1. The predicted molar refractivity (Wildman–Crippen MR) is 164 cm³/mol. The van der Waals surface area contributed by atoms with Crippen molar-refractivity contribution in [3.63, 3.8) is 0 Å². The van der Waals surface area contributed by atoms with Crippen LogP contribution in [0.25, 0.3) is 10.9 Å². The topological polar surface area (TPSA) is 158 Å². The zero-order chi connectivity index (χ0) is 31.5. The molecule has 10 heteroatoms. The molecule has 10 nitrogen and oxygen atoms in total. The lowest BCUT2D eigenvalue weighted by Gasteiger charge is -2.41. The van der Waals surface area contributed by atoms with Gasteiger partial charge in [-0.1, -0.05) is 12.1 Å². The maximum absolute atomic E-state index is 14.1. The molecule has 1 aromatic heterocycles. The Morgan fingerprint density at radius 2 is 1.84 bits per heavy atom. The molecule has 0 bridgehead atoms. The number of nitrogens with zero attached hydrogens (tertiary/aromatic N) is 2. The monoisotopic (exact) mass is 585 g/mol. The number of ether oxygens (including phenoxy) is 1. The Hall–Kier alpha value is -4.65. The van der Waals surface area contributed by atoms with Crippen LogP contribution in [0.15, 0.2) is 48.5 Å². The summed E-state index contributed by atoms with van der Waals surface area (Å²) in [6, 6.07) is 16.5. The third-order valence-electron chi connectivity index (χ3n) is 8.25. The number of nitrogens with one attached hydrogen (secondary N) is 2. The lowest BCUT2D eigenvalue weighted by molar-refractivity contribution is -0.140. The van der Waals surface area contributed by atoms with E-state index in [-0.39, 0.29) is 24.2 Å². The van der Waals surface area contributed by atoms with Crippen molar-refractivity contribution >= 4 is 46.0 Å². The molecule has 2 aromatic carbocycles. The van der Waals surface area contributed by atoms with Crippen molar-refractivity contribution < 1.29 is 23.9 Å². The summed E-state index contributed by atoms with van der Waals surface area (Å²) in [4.78, 5) is 56.3. The number of esters is 1. The van der Waals surface area contributed by atoms with Crippen LogP contribution in [-0.2, 0) is 25.5 Å². The molecule has 0 aliphatic heterocycles. The van der Waals surface area contributed by atoms with Crippen LogP contribution in [0.4, 0.5) is 11.4 Å². The van der Waals surface area contributed by atoms with Gasteiger partial charge in [0.1, 0.15) is 11.3 Å². The molecule has 0 unspecified atom stereocenters. The Morgan fingerprint density at radius 1 is 1.14 bits per heavy atom. The van der Waals surface area contributed by atoms with Gasteiger partial charge in [0.25, 0.3) is 0 Å². The highest BCUT2D eigenvalue weighted by Gasteiger charge is 2.49. The van der Waals surface area contributed by atoms with Gasteiger partial charge in [-0.2, -0.15) is 5.26 Å². The summed E-state index contributed by atoms with van der Waals surface area (Å²) in [7, 11) is 1.67. The Balaban J connectivity index is 1.66. The smallest absolute Gasteiger partial charge is 0.355 e. The number of primary amides is 1. The summed E-state index contributed by atoms with van der Waals surface area (Å²) in [5, 5.41) is 13.2. The molecule has 0 spiro atoms. The average Bonchev–Trinajstić information content (AvgIpc) is 3.38. The van der Waals surface area contributed by atoms with E-state index in [0.717, 1.165) is 5.56 Å². The van der Waals surface area contributed by atoms with Gasteiger partial charge in [0.15, 0.2) is 0 Å². The molecular weight excluding hydrogens is 546 g/mol. The predicted octanol–water partition coefficient (Wildman–Crippen LogP) is 5.09. The first-order valence-corrected chi connectivity index (χ1v) is 14.4. The Bertz CT molecular complexity index is 1590. The van der Waals surface area contributed by atoms with Crippen molar-refractivity contribution in [2.45, 2.75) is 65.4 Å². The number of aromatic nitrogens is 1. The first-order chi connectivity index (χ1) is 20.2. The van der Waals surface area contributed by atoms with E-state index in [2.05, 4.69) is 16.4 Å². The summed E-state index contributed by atoms with van der Waals surface area (Å²) in [5.41, 5.74) is 7.17. The fourth-order valence-electron chi connectivity index (χ4n) is 5.76. The van der Waals surface area contributed by atoms with Gasteiger partial charge in [0, 0.05) is 42.2 Å². The fourth-order valence-corrected chi connectivity index (χ4v) is 5.76. The molecule has 1 fully saturated rings. The molecule has 43 heavy (non-hydrogen) atoms.